The van der Waals surface area contributed by atoms with E-state index in [1.165, 1.54) is 24.3 Å². The highest BCUT2D eigenvalue weighted by molar-refractivity contribution is 7.34. The number of benzene rings is 2. The van der Waals surface area contributed by atoms with Gasteiger partial charge in [0, 0.05) is 0 Å². The zero-order valence-electron chi connectivity index (χ0n) is 10.3. The van der Waals surface area contributed by atoms with Gasteiger partial charge in [-0.15, -0.1) is 0 Å². The summed E-state index contributed by atoms with van der Waals surface area (Å²) >= 11 is 0. The molecule has 2 rings (SSSR count). The van der Waals surface area contributed by atoms with E-state index in [-0.39, 0.29) is 22.6 Å². The molecule has 0 heterocycles. The quantitative estimate of drug-likeness (QED) is 0.603. The van der Waals surface area contributed by atoms with Crippen molar-refractivity contribution in [2.45, 2.75) is 0 Å². The number of hydrogen-bond acceptors (Lipinski definition) is 5. The molecule has 0 amide bonds. The van der Waals surface area contributed by atoms with Crippen LogP contribution in [0.3, 0.4) is 0 Å². The summed E-state index contributed by atoms with van der Waals surface area (Å²) in [7, 11) is -2.93. The van der Waals surface area contributed by atoms with Crippen LogP contribution in [-0.4, -0.2) is 12.6 Å². The van der Waals surface area contributed by atoms with Gasteiger partial charge in [0.15, 0.2) is 12.6 Å². The van der Waals surface area contributed by atoms with Crippen LogP contribution in [0.25, 0.3) is 0 Å². The van der Waals surface area contributed by atoms with Gasteiger partial charge < -0.3 is 9.05 Å². The first-order valence-corrected chi connectivity index (χ1v) is 6.95. The van der Waals surface area contributed by atoms with Gasteiger partial charge in [0.2, 0.25) is 0 Å². The van der Waals surface area contributed by atoms with E-state index in [1.807, 2.05) is 0 Å². The summed E-state index contributed by atoms with van der Waals surface area (Å²) in [6.45, 7) is 0. The summed E-state index contributed by atoms with van der Waals surface area (Å²) in [5.41, 5.74) is 0.552. The predicted octanol–water partition coefficient (Wildman–Crippen LogP) is 3.16. The number of hydrogen-bond donors (Lipinski definition) is 0. The first-order chi connectivity index (χ1) is 9.74. The largest absolute Gasteiger partial charge is 0.419 e. The average Bonchev–Trinajstić information content (AvgIpc) is 2.48. The van der Waals surface area contributed by atoms with Crippen molar-refractivity contribution in [3.05, 3.63) is 59.7 Å². The smallest absolute Gasteiger partial charge is 0.417 e. The molecule has 0 fully saturated rings. The van der Waals surface area contributed by atoms with Crippen molar-refractivity contribution in [2.24, 2.45) is 0 Å². The zero-order chi connectivity index (χ0) is 14.4. The Bertz CT molecular complexity index is 598. The van der Waals surface area contributed by atoms with Crippen molar-refractivity contribution in [1.29, 1.82) is 0 Å². The molecule has 6 heteroatoms. The van der Waals surface area contributed by atoms with Crippen LogP contribution in [0.5, 0.6) is 11.5 Å². The van der Waals surface area contributed by atoms with Crippen molar-refractivity contribution in [1.82, 2.24) is 0 Å². The highest BCUT2D eigenvalue weighted by Gasteiger charge is 2.10. The van der Waals surface area contributed by atoms with Crippen molar-refractivity contribution >= 4 is 20.8 Å². The Kier molecular flexibility index (Phi) is 4.69. The highest BCUT2D eigenvalue weighted by Crippen LogP contribution is 2.33. The monoisotopic (exact) mass is 290 g/mol. The molecule has 0 aliphatic rings. The minimum Gasteiger partial charge on any atom is -0.417 e. The Morgan fingerprint density at radius 3 is 1.55 bits per heavy atom. The van der Waals surface area contributed by atoms with E-state index in [0.29, 0.717) is 12.6 Å². The molecule has 2 aromatic rings. The Balaban J connectivity index is 2.13. The molecule has 20 heavy (non-hydrogen) atoms. The van der Waals surface area contributed by atoms with Crippen molar-refractivity contribution < 1.29 is 23.2 Å². The molecule has 0 bridgehead atoms. The Morgan fingerprint density at radius 2 is 1.15 bits per heavy atom. The fraction of sp³-hybridized carbons (Fsp3) is 0. The van der Waals surface area contributed by atoms with Crippen molar-refractivity contribution in [3.8, 4) is 11.5 Å². The summed E-state index contributed by atoms with van der Waals surface area (Å²) in [6, 6.07) is 12.7. The maximum Gasteiger partial charge on any atom is 0.419 e. The molecule has 0 saturated carbocycles. The maximum atomic E-state index is 11.8. The number of carbonyl (C=O) groups is 2. The second-order valence-corrected chi connectivity index (χ2v) is 4.67. The molecule has 0 radical (unpaired) electrons. The lowest BCUT2D eigenvalue weighted by Gasteiger charge is -2.10. The summed E-state index contributed by atoms with van der Waals surface area (Å²) in [4.78, 5) is 21.6. The van der Waals surface area contributed by atoms with E-state index in [9.17, 15) is 14.2 Å². The van der Waals surface area contributed by atoms with Crippen molar-refractivity contribution in [3.63, 3.8) is 0 Å². The van der Waals surface area contributed by atoms with Gasteiger partial charge >= 0.3 is 8.25 Å². The topological polar surface area (TPSA) is 69.7 Å². The molecule has 0 N–H and O–H groups in total. The van der Waals surface area contributed by atoms with E-state index in [0.717, 1.165) is 0 Å². The molecule has 0 aromatic heterocycles. The Labute approximate surface area is 116 Å². The van der Waals surface area contributed by atoms with Crippen LogP contribution in [0.1, 0.15) is 20.7 Å². The maximum absolute atomic E-state index is 11.8. The second kappa shape index (κ2) is 6.68. The highest BCUT2D eigenvalue weighted by atomic mass is 31.1. The lowest BCUT2D eigenvalue weighted by Crippen LogP contribution is -1.94. The SMILES string of the molecule is O=Cc1ccccc1O[PH](=O)Oc1ccccc1C=O. The van der Waals surface area contributed by atoms with E-state index in [2.05, 4.69) is 0 Å². The number of rotatable bonds is 6. The number of para-hydroxylation sites is 2. The molecular formula is C14H11O5P. The summed E-state index contributed by atoms with van der Waals surface area (Å²) < 4.78 is 22.1. The van der Waals surface area contributed by atoms with Gasteiger partial charge in [0.25, 0.3) is 0 Å². The zero-order valence-corrected chi connectivity index (χ0v) is 11.3. The minimum atomic E-state index is -2.93. The van der Waals surface area contributed by atoms with Crippen LogP contribution in [0.4, 0.5) is 0 Å². The van der Waals surface area contributed by atoms with Gasteiger partial charge in [-0.3, -0.25) is 9.59 Å². The molecule has 0 spiro atoms. The predicted molar refractivity (Wildman–Crippen MR) is 73.9 cm³/mol. The van der Waals surface area contributed by atoms with Gasteiger partial charge in [-0.1, -0.05) is 24.3 Å². The van der Waals surface area contributed by atoms with Crippen LogP contribution >= 0.6 is 8.25 Å². The molecule has 0 aliphatic heterocycles. The van der Waals surface area contributed by atoms with Gasteiger partial charge in [0.1, 0.15) is 11.5 Å². The Morgan fingerprint density at radius 1 is 0.750 bits per heavy atom. The molecular weight excluding hydrogens is 279 g/mol. The summed E-state index contributed by atoms with van der Waals surface area (Å²) in [5.74, 6) is 0.352. The fourth-order valence-corrected chi connectivity index (χ4v) is 2.31. The first kappa shape index (κ1) is 14.0. The lowest BCUT2D eigenvalue weighted by atomic mass is 10.2. The summed E-state index contributed by atoms with van der Waals surface area (Å²) in [6.07, 6.45) is 1.20. The molecule has 5 nitrogen and oxygen atoms in total. The van der Waals surface area contributed by atoms with Crippen molar-refractivity contribution in [2.75, 3.05) is 0 Å². The van der Waals surface area contributed by atoms with E-state index in [4.69, 9.17) is 9.05 Å². The van der Waals surface area contributed by atoms with Gasteiger partial charge in [-0.2, -0.15) is 0 Å². The third kappa shape index (κ3) is 3.33. The molecule has 102 valence electrons. The molecule has 0 aliphatic carbocycles. The number of carbonyl (C=O) groups excluding carboxylic acids is 2. The third-order valence-corrected chi connectivity index (χ3v) is 3.25. The standard InChI is InChI=1S/C14H11O5P/c15-9-11-5-1-3-7-13(11)18-20(17)19-14-8-4-2-6-12(14)10-16/h1-10,20H. The fourth-order valence-electron chi connectivity index (χ4n) is 1.54. The van der Waals surface area contributed by atoms with E-state index >= 15 is 0 Å². The van der Waals surface area contributed by atoms with Crippen LogP contribution < -0.4 is 9.05 Å². The summed E-state index contributed by atoms with van der Waals surface area (Å²) in [5, 5.41) is 0. The minimum absolute atomic E-state index is 0.176. The molecule has 0 unspecified atom stereocenters. The molecule has 0 saturated heterocycles. The van der Waals surface area contributed by atoms with E-state index in [1.54, 1.807) is 24.3 Å². The Hall–Kier alpha value is -2.39. The first-order valence-electron chi connectivity index (χ1n) is 5.72. The lowest BCUT2D eigenvalue weighted by molar-refractivity contribution is 0.111. The average molecular weight is 290 g/mol. The van der Waals surface area contributed by atoms with Crippen LogP contribution in [0.2, 0.25) is 0 Å². The van der Waals surface area contributed by atoms with Crippen LogP contribution in [-0.2, 0) is 4.57 Å². The van der Waals surface area contributed by atoms with Crippen LogP contribution in [0, 0.1) is 0 Å². The third-order valence-electron chi connectivity index (χ3n) is 2.48. The molecule has 2 aromatic carbocycles. The van der Waals surface area contributed by atoms with Gasteiger partial charge in [-0.05, 0) is 24.3 Å². The normalized spacial score (nSPS) is 10.1. The second-order valence-electron chi connectivity index (χ2n) is 3.77. The molecule has 0 atom stereocenters. The van der Waals surface area contributed by atoms with Crippen LogP contribution in [0.15, 0.2) is 48.5 Å². The van der Waals surface area contributed by atoms with Gasteiger partial charge in [-0.25, -0.2) is 4.57 Å². The van der Waals surface area contributed by atoms with E-state index < -0.39 is 8.25 Å². The van der Waals surface area contributed by atoms with Gasteiger partial charge in [0.05, 0.1) is 11.1 Å². The number of aldehydes is 2.